The van der Waals surface area contributed by atoms with E-state index in [9.17, 15) is 4.79 Å². The number of benzene rings is 1. The minimum absolute atomic E-state index is 0.349. The molecule has 2 aromatic rings. The minimum Gasteiger partial charge on any atom is -0.494 e. The van der Waals surface area contributed by atoms with Crippen LogP contribution in [0.1, 0.15) is 38.8 Å². The number of hydrogen-bond acceptors (Lipinski definition) is 7. The second-order valence-corrected chi connectivity index (χ2v) is 6.68. The van der Waals surface area contributed by atoms with Gasteiger partial charge < -0.3 is 14.8 Å². The van der Waals surface area contributed by atoms with Crippen LogP contribution in [0.5, 0.6) is 5.75 Å². The van der Waals surface area contributed by atoms with Crippen LogP contribution in [0.25, 0.3) is 0 Å². The summed E-state index contributed by atoms with van der Waals surface area (Å²) in [5.41, 5.74) is 1.89. The number of tetrazole rings is 1. The summed E-state index contributed by atoms with van der Waals surface area (Å²) in [5, 5.41) is 14.9. The fraction of sp³-hybridized carbons (Fsp3) is 0.412. The molecule has 0 amide bonds. The summed E-state index contributed by atoms with van der Waals surface area (Å²) in [6, 6.07) is 5.11. The molecule has 1 aliphatic heterocycles. The fourth-order valence-electron chi connectivity index (χ4n) is 2.86. The van der Waals surface area contributed by atoms with Crippen molar-refractivity contribution < 1.29 is 14.3 Å². The van der Waals surface area contributed by atoms with Crippen LogP contribution >= 0.6 is 15.9 Å². The molecule has 0 bridgehead atoms. The number of carbonyl (C=O) groups excluding carboxylic acids is 1. The van der Waals surface area contributed by atoms with E-state index < -0.39 is 12.0 Å². The Kier molecular flexibility index (Phi) is 5.55. The van der Waals surface area contributed by atoms with Gasteiger partial charge in [-0.15, -0.1) is 0 Å². The van der Waals surface area contributed by atoms with Crippen LogP contribution in [0.2, 0.25) is 0 Å². The number of fused-ring (bicyclic) bond motifs is 1. The van der Waals surface area contributed by atoms with E-state index in [1.165, 1.54) is 0 Å². The van der Waals surface area contributed by atoms with Crippen molar-refractivity contribution in [3.05, 3.63) is 39.5 Å². The molecule has 1 atom stereocenters. The monoisotopic (exact) mass is 421 g/mol. The van der Waals surface area contributed by atoms with Crippen molar-refractivity contribution in [3.63, 3.8) is 0 Å². The van der Waals surface area contributed by atoms with Gasteiger partial charge in [-0.05, 0) is 48.9 Å². The maximum atomic E-state index is 12.8. The van der Waals surface area contributed by atoms with E-state index in [4.69, 9.17) is 9.47 Å². The van der Waals surface area contributed by atoms with E-state index in [2.05, 4.69) is 36.8 Å². The molecule has 1 aromatic heterocycles. The number of hydrogen-bond donors (Lipinski definition) is 1. The molecule has 0 fully saturated rings. The van der Waals surface area contributed by atoms with Crippen molar-refractivity contribution >= 4 is 27.8 Å². The van der Waals surface area contributed by atoms with Crippen LogP contribution in [-0.4, -0.2) is 39.4 Å². The number of nitrogens with one attached hydrogen (secondary N) is 1. The van der Waals surface area contributed by atoms with E-state index in [0.29, 0.717) is 36.2 Å². The molecule has 8 nitrogen and oxygen atoms in total. The van der Waals surface area contributed by atoms with E-state index in [1.807, 2.05) is 39.0 Å². The maximum Gasteiger partial charge on any atom is 0.338 e. The first kappa shape index (κ1) is 18.4. The van der Waals surface area contributed by atoms with Crippen LogP contribution in [0.4, 0.5) is 5.95 Å². The first-order valence-electron chi connectivity index (χ1n) is 8.41. The lowest BCUT2D eigenvalue weighted by Gasteiger charge is -2.28. The Labute approximate surface area is 159 Å². The van der Waals surface area contributed by atoms with Crippen LogP contribution in [0.15, 0.2) is 33.9 Å². The SMILES string of the molecule is CCCOC(=O)C1=C(C)Nc2nnnn2[C@@H]1c1cc(Br)ccc1OCC. The first-order valence-corrected chi connectivity index (χ1v) is 9.21. The fourth-order valence-corrected chi connectivity index (χ4v) is 3.24. The van der Waals surface area contributed by atoms with E-state index in [0.717, 1.165) is 16.5 Å². The van der Waals surface area contributed by atoms with Crippen molar-refractivity contribution in [1.29, 1.82) is 0 Å². The zero-order valence-corrected chi connectivity index (χ0v) is 16.4. The van der Waals surface area contributed by atoms with Gasteiger partial charge in [0.2, 0.25) is 5.95 Å². The number of rotatable bonds is 6. The van der Waals surface area contributed by atoms with Gasteiger partial charge in [-0.3, -0.25) is 0 Å². The van der Waals surface area contributed by atoms with E-state index >= 15 is 0 Å². The zero-order chi connectivity index (χ0) is 18.7. The Morgan fingerprint density at radius 2 is 2.19 bits per heavy atom. The second-order valence-electron chi connectivity index (χ2n) is 5.76. The van der Waals surface area contributed by atoms with Gasteiger partial charge in [-0.2, -0.15) is 4.68 Å². The van der Waals surface area contributed by atoms with Crippen molar-refractivity contribution in [2.24, 2.45) is 0 Å². The number of nitrogens with zero attached hydrogens (tertiary/aromatic N) is 4. The van der Waals surface area contributed by atoms with Crippen molar-refractivity contribution in [2.75, 3.05) is 18.5 Å². The quantitative estimate of drug-likeness (QED) is 0.716. The number of allylic oxidation sites excluding steroid dienone is 1. The number of aromatic nitrogens is 4. The number of halogens is 1. The molecule has 0 aliphatic carbocycles. The standard InChI is InChI=1S/C17H20BrN5O3/c1-4-8-26-16(24)14-10(3)19-17-20-21-22-23(17)15(14)12-9-11(18)6-7-13(12)25-5-2/h6-7,9,15H,4-5,8H2,1-3H3,(H,19,20,22)/t15-/m1/s1. The van der Waals surface area contributed by atoms with Gasteiger partial charge in [0.05, 0.1) is 18.8 Å². The average Bonchev–Trinajstić information content (AvgIpc) is 3.08. The van der Waals surface area contributed by atoms with Gasteiger partial charge in [0.15, 0.2) is 0 Å². The lowest BCUT2D eigenvalue weighted by Crippen LogP contribution is -2.30. The Morgan fingerprint density at radius 3 is 2.92 bits per heavy atom. The molecule has 1 aliphatic rings. The van der Waals surface area contributed by atoms with Crippen LogP contribution in [0.3, 0.4) is 0 Å². The Morgan fingerprint density at radius 1 is 1.38 bits per heavy atom. The van der Waals surface area contributed by atoms with Gasteiger partial charge in [0, 0.05) is 15.7 Å². The van der Waals surface area contributed by atoms with Crippen LogP contribution in [-0.2, 0) is 9.53 Å². The number of anilines is 1. The number of esters is 1. The van der Waals surface area contributed by atoms with Crippen molar-refractivity contribution in [3.8, 4) is 5.75 Å². The third kappa shape index (κ3) is 3.44. The molecular formula is C17H20BrN5O3. The van der Waals surface area contributed by atoms with E-state index in [-0.39, 0.29) is 0 Å². The van der Waals surface area contributed by atoms with Crippen LogP contribution < -0.4 is 10.1 Å². The predicted molar refractivity (Wildman–Crippen MR) is 98.8 cm³/mol. The average molecular weight is 422 g/mol. The highest BCUT2D eigenvalue weighted by Crippen LogP contribution is 2.40. The lowest BCUT2D eigenvalue weighted by molar-refractivity contribution is -0.139. The highest BCUT2D eigenvalue weighted by atomic mass is 79.9. The van der Waals surface area contributed by atoms with Gasteiger partial charge >= 0.3 is 5.97 Å². The zero-order valence-electron chi connectivity index (χ0n) is 14.8. The van der Waals surface area contributed by atoms with E-state index in [1.54, 1.807) is 4.68 Å². The number of ether oxygens (including phenoxy) is 2. The lowest BCUT2D eigenvalue weighted by atomic mass is 9.95. The molecule has 9 heteroatoms. The Hall–Kier alpha value is -2.42. The molecular weight excluding hydrogens is 402 g/mol. The maximum absolute atomic E-state index is 12.8. The van der Waals surface area contributed by atoms with Gasteiger partial charge in [-0.1, -0.05) is 28.0 Å². The molecule has 0 radical (unpaired) electrons. The van der Waals surface area contributed by atoms with Crippen molar-refractivity contribution in [1.82, 2.24) is 20.2 Å². The van der Waals surface area contributed by atoms with Gasteiger partial charge in [0.1, 0.15) is 11.8 Å². The third-order valence-corrected chi connectivity index (χ3v) is 4.43. The summed E-state index contributed by atoms with van der Waals surface area (Å²) < 4.78 is 13.6. The molecule has 1 aromatic carbocycles. The largest absolute Gasteiger partial charge is 0.494 e. The molecule has 26 heavy (non-hydrogen) atoms. The molecule has 3 rings (SSSR count). The highest BCUT2D eigenvalue weighted by molar-refractivity contribution is 9.10. The molecule has 138 valence electrons. The second kappa shape index (κ2) is 7.86. The molecule has 0 spiro atoms. The Bertz CT molecular complexity index is 849. The third-order valence-electron chi connectivity index (χ3n) is 3.94. The van der Waals surface area contributed by atoms with Gasteiger partial charge in [0.25, 0.3) is 0 Å². The number of carbonyl (C=O) groups is 1. The molecule has 2 heterocycles. The highest BCUT2D eigenvalue weighted by Gasteiger charge is 2.36. The summed E-state index contributed by atoms with van der Waals surface area (Å²) in [5.74, 6) is 0.727. The summed E-state index contributed by atoms with van der Waals surface area (Å²) in [6.07, 6.45) is 0.743. The normalized spacial score (nSPS) is 16.1. The molecule has 1 N–H and O–H groups in total. The minimum atomic E-state index is -0.551. The van der Waals surface area contributed by atoms with Gasteiger partial charge in [-0.25, -0.2) is 4.79 Å². The summed E-state index contributed by atoms with van der Waals surface area (Å²) in [6.45, 7) is 6.52. The predicted octanol–water partition coefficient (Wildman–Crippen LogP) is 3.08. The molecule has 0 unspecified atom stereocenters. The molecule has 0 saturated carbocycles. The summed E-state index contributed by atoms with van der Waals surface area (Å²) in [4.78, 5) is 12.8. The summed E-state index contributed by atoms with van der Waals surface area (Å²) >= 11 is 3.49. The summed E-state index contributed by atoms with van der Waals surface area (Å²) in [7, 11) is 0. The first-order chi connectivity index (χ1) is 12.6. The molecule has 0 saturated heterocycles. The topological polar surface area (TPSA) is 91.2 Å². The smallest absolute Gasteiger partial charge is 0.338 e. The van der Waals surface area contributed by atoms with Crippen molar-refractivity contribution in [2.45, 2.75) is 33.2 Å². The van der Waals surface area contributed by atoms with Crippen LogP contribution in [0, 0.1) is 0 Å². The Balaban J connectivity index is 2.15.